The fraction of sp³-hybridized carbons (Fsp3) is 0.0278. The van der Waals surface area contributed by atoms with Crippen LogP contribution in [0.4, 0.5) is 15.8 Å². The normalized spacial score (nSPS) is 11.0. The predicted octanol–water partition coefficient (Wildman–Crippen LogP) is 8.29. The number of anilines is 2. The molecule has 0 unspecified atom stereocenters. The molecular weight excluding hydrogens is 609 g/mol. The minimum absolute atomic E-state index is 0.0618. The first kappa shape index (κ1) is 31.3. The molecular formula is C36H27ClFN3O3S. The van der Waals surface area contributed by atoms with Crippen molar-refractivity contribution in [1.29, 1.82) is 0 Å². The Morgan fingerprint density at radius 3 is 2.09 bits per heavy atom. The van der Waals surface area contributed by atoms with Gasteiger partial charge in [0.2, 0.25) is 5.91 Å². The molecule has 5 aromatic carbocycles. The first-order valence-corrected chi connectivity index (χ1v) is 15.2. The summed E-state index contributed by atoms with van der Waals surface area (Å²) in [7, 11) is 0. The topological polar surface area (TPSA) is 87.3 Å². The highest BCUT2D eigenvalue weighted by molar-refractivity contribution is 8.00. The molecule has 0 aliphatic heterocycles. The van der Waals surface area contributed by atoms with Crippen LogP contribution in [0.3, 0.4) is 0 Å². The zero-order valence-electron chi connectivity index (χ0n) is 23.8. The Labute approximate surface area is 269 Å². The first-order valence-electron chi connectivity index (χ1n) is 13.9. The molecule has 3 N–H and O–H groups in total. The van der Waals surface area contributed by atoms with Gasteiger partial charge in [-0.25, -0.2) is 4.39 Å². The average Bonchev–Trinajstić information content (AvgIpc) is 3.06. The van der Waals surface area contributed by atoms with E-state index < -0.39 is 17.6 Å². The molecule has 0 aliphatic rings. The fourth-order valence-corrected chi connectivity index (χ4v) is 5.23. The lowest BCUT2D eigenvalue weighted by Crippen LogP contribution is -2.30. The summed E-state index contributed by atoms with van der Waals surface area (Å²) in [5.74, 6) is -1.73. The van der Waals surface area contributed by atoms with Gasteiger partial charge in [0.05, 0.1) is 10.8 Å². The van der Waals surface area contributed by atoms with Crippen molar-refractivity contribution in [3.05, 3.63) is 155 Å². The van der Waals surface area contributed by atoms with Crippen molar-refractivity contribution < 1.29 is 18.8 Å². The van der Waals surface area contributed by atoms with E-state index >= 15 is 0 Å². The largest absolute Gasteiger partial charge is 0.325 e. The first-order chi connectivity index (χ1) is 21.8. The Bertz CT molecular complexity index is 1850. The molecule has 45 heavy (non-hydrogen) atoms. The van der Waals surface area contributed by atoms with Gasteiger partial charge in [0.25, 0.3) is 11.8 Å². The third-order valence-electron chi connectivity index (χ3n) is 6.52. The summed E-state index contributed by atoms with van der Waals surface area (Å²) in [5, 5.41) is 8.20. The molecule has 0 spiro atoms. The average molecular weight is 636 g/mol. The van der Waals surface area contributed by atoms with E-state index in [9.17, 15) is 18.8 Å². The molecule has 0 atom stereocenters. The van der Waals surface area contributed by atoms with Crippen LogP contribution in [0.15, 0.2) is 138 Å². The summed E-state index contributed by atoms with van der Waals surface area (Å²) in [6, 6.07) is 37.2. The van der Waals surface area contributed by atoms with Crippen molar-refractivity contribution in [2.75, 3.05) is 16.4 Å². The highest BCUT2D eigenvalue weighted by atomic mass is 35.5. The standard InChI is InChI=1S/C36H27ClFN3O3S/c37-31-22-29(18-19-32(31)38)39-34(42)23-45-30-13-7-12-28(21-30)40-36(44)33(41-35(43)27-10-5-2-6-11-27)20-24-14-16-26(17-15-24)25-8-3-1-4-9-25/h1-22H,23H2,(H,39,42)(H,40,44)(H,41,43)/b33-20+. The number of nitrogens with one attached hydrogen (secondary N) is 3. The Morgan fingerprint density at radius 2 is 1.38 bits per heavy atom. The van der Waals surface area contributed by atoms with Crippen LogP contribution in [0.1, 0.15) is 15.9 Å². The second-order valence-electron chi connectivity index (χ2n) is 9.81. The molecule has 0 aromatic heterocycles. The highest BCUT2D eigenvalue weighted by Gasteiger charge is 2.16. The smallest absolute Gasteiger partial charge is 0.272 e. The Morgan fingerprint density at radius 1 is 0.711 bits per heavy atom. The van der Waals surface area contributed by atoms with E-state index in [2.05, 4.69) is 16.0 Å². The number of carbonyl (C=O) groups excluding carboxylic acids is 3. The molecule has 0 saturated heterocycles. The second-order valence-corrected chi connectivity index (χ2v) is 11.3. The number of amides is 3. The van der Waals surface area contributed by atoms with Crippen molar-refractivity contribution in [1.82, 2.24) is 5.32 Å². The SMILES string of the molecule is O=C(CSc1cccc(NC(=O)/C(=C\c2ccc(-c3ccccc3)cc2)NC(=O)c2ccccc2)c1)Nc1ccc(F)c(Cl)c1. The van der Waals surface area contributed by atoms with Gasteiger partial charge in [0.1, 0.15) is 11.5 Å². The van der Waals surface area contributed by atoms with Crippen molar-refractivity contribution in [3.8, 4) is 11.1 Å². The fourth-order valence-electron chi connectivity index (χ4n) is 4.29. The monoisotopic (exact) mass is 635 g/mol. The second kappa shape index (κ2) is 15.0. The molecule has 0 heterocycles. The van der Waals surface area contributed by atoms with Crippen molar-refractivity contribution in [2.45, 2.75) is 4.90 Å². The maximum atomic E-state index is 13.5. The lowest BCUT2D eigenvalue weighted by Gasteiger charge is -2.12. The van der Waals surface area contributed by atoms with Gasteiger partial charge < -0.3 is 16.0 Å². The molecule has 224 valence electrons. The van der Waals surface area contributed by atoms with Crippen LogP contribution >= 0.6 is 23.4 Å². The van der Waals surface area contributed by atoms with Gasteiger partial charge >= 0.3 is 0 Å². The third kappa shape index (κ3) is 8.92. The minimum Gasteiger partial charge on any atom is -0.325 e. The van der Waals surface area contributed by atoms with Gasteiger partial charge in [0.15, 0.2) is 0 Å². The molecule has 9 heteroatoms. The molecule has 6 nitrogen and oxygen atoms in total. The number of hydrogen-bond donors (Lipinski definition) is 3. The lowest BCUT2D eigenvalue weighted by molar-refractivity contribution is -0.114. The predicted molar refractivity (Wildman–Crippen MR) is 180 cm³/mol. The van der Waals surface area contributed by atoms with Gasteiger partial charge in [0, 0.05) is 21.8 Å². The number of halogens is 2. The number of hydrogen-bond acceptors (Lipinski definition) is 4. The van der Waals surface area contributed by atoms with E-state index in [1.165, 1.54) is 30.0 Å². The summed E-state index contributed by atoms with van der Waals surface area (Å²) < 4.78 is 13.4. The van der Waals surface area contributed by atoms with Crippen LogP contribution in [0.5, 0.6) is 0 Å². The number of benzene rings is 5. The maximum absolute atomic E-state index is 13.5. The lowest BCUT2D eigenvalue weighted by atomic mass is 10.0. The summed E-state index contributed by atoms with van der Waals surface area (Å²) in [5.41, 5.74) is 4.16. The highest BCUT2D eigenvalue weighted by Crippen LogP contribution is 2.24. The molecule has 0 bridgehead atoms. The van der Waals surface area contributed by atoms with Crippen LogP contribution in [0.25, 0.3) is 17.2 Å². The van der Waals surface area contributed by atoms with E-state index in [4.69, 9.17) is 11.6 Å². The maximum Gasteiger partial charge on any atom is 0.272 e. The molecule has 0 aliphatic carbocycles. The van der Waals surface area contributed by atoms with Gasteiger partial charge in [-0.3, -0.25) is 14.4 Å². The van der Waals surface area contributed by atoms with E-state index in [1.807, 2.05) is 66.7 Å². The van der Waals surface area contributed by atoms with E-state index in [0.29, 0.717) is 16.9 Å². The third-order valence-corrected chi connectivity index (χ3v) is 7.81. The Balaban J connectivity index is 1.29. The van der Waals surface area contributed by atoms with Crippen LogP contribution in [-0.4, -0.2) is 23.5 Å². The molecule has 0 fully saturated rings. The number of carbonyl (C=O) groups is 3. The molecule has 5 aromatic rings. The van der Waals surface area contributed by atoms with Gasteiger partial charge in [-0.1, -0.05) is 90.5 Å². The van der Waals surface area contributed by atoms with Gasteiger partial charge in [-0.05, 0) is 71.3 Å². The van der Waals surface area contributed by atoms with Gasteiger partial charge in [-0.15, -0.1) is 11.8 Å². The van der Waals surface area contributed by atoms with Crippen LogP contribution in [0, 0.1) is 5.82 Å². The number of rotatable bonds is 10. The van der Waals surface area contributed by atoms with Crippen LogP contribution in [0.2, 0.25) is 5.02 Å². The molecule has 0 radical (unpaired) electrons. The zero-order chi connectivity index (χ0) is 31.6. The van der Waals surface area contributed by atoms with Crippen molar-refractivity contribution in [2.24, 2.45) is 0 Å². The molecule has 0 saturated carbocycles. The Kier molecular flexibility index (Phi) is 10.4. The molecule has 3 amide bonds. The minimum atomic E-state index is -0.568. The van der Waals surface area contributed by atoms with Gasteiger partial charge in [-0.2, -0.15) is 0 Å². The van der Waals surface area contributed by atoms with E-state index in [1.54, 1.807) is 48.5 Å². The van der Waals surface area contributed by atoms with Crippen LogP contribution in [-0.2, 0) is 9.59 Å². The van der Waals surface area contributed by atoms with E-state index in [0.717, 1.165) is 21.6 Å². The summed E-state index contributed by atoms with van der Waals surface area (Å²) in [4.78, 5) is 39.7. The van der Waals surface area contributed by atoms with E-state index in [-0.39, 0.29) is 22.4 Å². The van der Waals surface area contributed by atoms with Crippen molar-refractivity contribution in [3.63, 3.8) is 0 Å². The number of thioether (sulfide) groups is 1. The van der Waals surface area contributed by atoms with Crippen LogP contribution < -0.4 is 16.0 Å². The Hall–Kier alpha value is -5.18. The van der Waals surface area contributed by atoms with Crippen molar-refractivity contribution >= 4 is 58.5 Å². The quantitative estimate of drug-likeness (QED) is 0.106. The summed E-state index contributed by atoms with van der Waals surface area (Å²) in [6.45, 7) is 0. The molecule has 5 rings (SSSR count). The summed E-state index contributed by atoms with van der Waals surface area (Å²) >= 11 is 7.05. The zero-order valence-corrected chi connectivity index (χ0v) is 25.4. The summed E-state index contributed by atoms with van der Waals surface area (Å²) in [6.07, 6.45) is 1.62.